The van der Waals surface area contributed by atoms with Gasteiger partial charge in [0.1, 0.15) is 5.82 Å². The Bertz CT molecular complexity index is 1180. The molecule has 0 aliphatic rings. The first-order chi connectivity index (χ1) is 15.8. The average molecular weight is 447 g/mol. The molecule has 1 heterocycles. The molecule has 3 rings (SSSR count). The minimum absolute atomic E-state index is 0.131. The first kappa shape index (κ1) is 23.3. The first-order valence-electron chi connectivity index (χ1n) is 10.4. The van der Waals surface area contributed by atoms with Gasteiger partial charge >= 0.3 is 12.0 Å². The minimum Gasteiger partial charge on any atom is -0.478 e. The van der Waals surface area contributed by atoms with E-state index in [0.717, 1.165) is 5.69 Å². The number of nitrogens with zero attached hydrogens (tertiary/aromatic N) is 2. The maximum absolute atomic E-state index is 13.2. The number of carboxylic acid groups (broad SMARTS) is 1. The summed E-state index contributed by atoms with van der Waals surface area (Å²) in [6.07, 6.45) is 1.78. The molecule has 3 aromatic rings. The van der Waals surface area contributed by atoms with E-state index < -0.39 is 17.9 Å². The van der Waals surface area contributed by atoms with E-state index in [9.17, 15) is 19.5 Å². The van der Waals surface area contributed by atoms with Gasteiger partial charge in [0.25, 0.3) is 5.91 Å². The van der Waals surface area contributed by atoms with Crippen molar-refractivity contribution in [1.82, 2.24) is 4.98 Å². The van der Waals surface area contributed by atoms with Gasteiger partial charge in [0, 0.05) is 30.2 Å². The van der Waals surface area contributed by atoms with Crippen LogP contribution in [0.5, 0.6) is 0 Å². The van der Waals surface area contributed by atoms with Crippen molar-refractivity contribution in [3.63, 3.8) is 0 Å². The van der Waals surface area contributed by atoms with Crippen LogP contribution in [0, 0.1) is 0 Å². The number of amides is 3. The van der Waals surface area contributed by atoms with E-state index in [1.165, 1.54) is 17.2 Å². The van der Waals surface area contributed by atoms with Crippen molar-refractivity contribution in [2.45, 2.75) is 20.3 Å². The maximum Gasteiger partial charge on any atom is 0.336 e. The Hall–Kier alpha value is -4.40. The maximum atomic E-state index is 13.2. The minimum atomic E-state index is -1.06. The van der Waals surface area contributed by atoms with Gasteiger partial charge in [-0.25, -0.2) is 14.6 Å². The number of aromatic carboxylic acids is 1. The van der Waals surface area contributed by atoms with Crippen LogP contribution in [-0.4, -0.2) is 34.5 Å². The van der Waals surface area contributed by atoms with Crippen LogP contribution in [0.2, 0.25) is 0 Å². The van der Waals surface area contributed by atoms with Crippen molar-refractivity contribution in [1.29, 1.82) is 0 Å². The molecule has 170 valence electrons. The Morgan fingerprint density at radius 1 is 1.00 bits per heavy atom. The third kappa shape index (κ3) is 5.27. The highest BCUT2D eigenvalue weighted by Gasteiger charge is 2.20. The Morgan fingerprint density at radius 3 is 2.33 bits per heavy atom. The Kier molecular flexibility index (Phi) is 7.24. The molecule has 0 aliphatic heterocycles. The number of carboxylic acids is 1. The molecule has 0 bridgehead atoms. The van der Waals surface area contributed by atoms with Crippen LogP contribution in [0.25, 0.3) is 0 Å². The fraction of sp³-hybridized carbons (Fsp3) is 0.167. The predicted octanol–water partition coefficient (Wildman–Crippen LogP) is 4.24. The lowest BCUT2D eigenvalue weighted by Crippen LogP contribution is -2.36. The largest absolute Gasteiger partial charge is 0.478 e. The molecule has 0 saturated heterocycles. The van der Waals surface area contributed by atoms with Gasteiger partial charge in [-0.2, -0.15) is 0 Å². The SMILES string of the molecule is CCc1c(NC(=O)c2cnc(N(CC)C(N)=O)cc2Nc2ccccc2)cccc1C(=O)O. The fourth-order valence-corrected chi connectivity index (χ4v) is 3.46. The second kappa shape index (κ2) is 10.3. The molecule has 3 amide bonds. The van der Waals surface area contributed by atoms with Crippen molar-refractivity contribution in [3.05, 3.63) is 77.5 Å². The highest BCUT2D eigenvalue weighted by atomic mass is 16.4. The summed E-state index contributed by atoms with van der Waals surface area (Å²) in [6, 6.07) is 14.9. The normalized spacial score (nSPS) is 10.4. The van der Waals surface area contributed by atoms with Gasteiger partial charge in [0.15, 0.2) is 0 Å². The number of hydrogen-bond acceptors (Lipinski definition) is 5. The molecule has 9 heteroatoms. The predicted molar refractivity (Wildman–Crippen MR) is 127 cm³/mol. The summed E-state index contributed by atoms with van der Waals surface area (Å²) in [5, 5.41) is 15.4. The molecule has 1 aromatic heterocycles. The zero-order valence-corrected chi connectivity index (χ0v) is 18.3. The molecule has 0 fully saturated rings. The van der Waals surface area contributed by atoms with E-state index in [1.807, 2.05) is 37.3 Å². The summed E-state index contributed by atoms with van der Waals surface area (Å²) >= 11 is 0. The molecule has 9 nitrogen and oxygen atoms in total. The zero-order valence-electron chi connectivity index (χ0n) is 18.3. The van der Waals surface area contributed by atoms with Crippen molar-refractivity contribution < 1.29 is 19.5 Å². The summed E-state index contributed by atoms with van der Waals surface area (Å²) in [6.45, 7) is 3.89. The molecule has 33 heavy (non-hydrogen) atoms. The van der Waals surface area contributed by atoms with E-state index in [4.69, 9.17) is 5.73 Å². The number of carbonyl (C=O) groups excluding carboxylic acids is 2. The van der Waals surface area contributed by atoms with Crippen molar-refractivity contribution >= 4 is 40.8 Å². The number of carbonyl (C=O) groups is 3. The molecule has 0 spiro atoms. The summed E-state index contributed by atoms with van der Waals surface area (Å²) in [5.74, 6) is -1.25. The topological polar surface area (TPSA) is 138 Å². The summed E-state index contributed by atoms with van der Waals surface area (Å²) in [4.78, 5) is 42.1. The lowest BCUT2D eigenvalue weighted by Gasteiger charge is -2.20. The number of benzene rings is 2. The number of para-hydroxylation sites is 1. The number of pyridine rings is 1. The Balaban J connectivity index is 2.02. The highest BCUT2D eigenvalue weighted by molar-refractivity contribution is 6.09. The number of anilines is 4. The molecule has 0 saturated carbocycles. The monoisotopic (exact) mass is 447 g/mol. The number of rotatable bonds is 8. The molecular formula is C24H25N5O4. The van der Waals surface area contributed by atoms with Crippen LogP contribution in [0.3, 0.4) is 0 Å². The highest BCUT2D eigenvalue weighted by Crippen LogP contribution is 2.27. The molecule has 5 N–H and O–H groups in total. The quantitative estimate of drug-likeness (QED) is 0.407. The smallest absolute Gasteiger partial charge is 0.336 e. The Labute approximate surface area is 191 Å². The van der Waals surface area contributed by atoms with Crippen LogP contribution in [0.15, 0.2) is 60.8 Å². The van der Waals surface area contributed by atoms with Crippen LogP contribution in [0.4, 0.5) is 27.7 Å². The van der Waals surface area contributed by atoms with Crippen LogP contribution < -0.4 is 21.3 Å². The third-order valence-electron chi connectivity index (χ3n) is 5.05. The van der Waals surface area contributed by atoms with E-state index in [0.29, 0.717) is 35.7 Å². The average Bonchev–Trinajstić information content (AvgIpc) is 2.80. The van der Waals surface area contributed by atoms with Crippen LogP contribution >= 0.6 is 0 Å². The van der Waals surface area contributed by atoms with Crippen LogP contribution in [0.1, 0.15) is 40.1 Å². The lowest BCUT2D eigenvalue weighted by molar-refractivity contribution is 0.0695. The van der Waals surface area contributed by atoms with E-state index in [2.05, 4.69) is 15.6 Å². The molecular weight excluding hydrogens is 422 g/mol. The van der Waals surface area contributed by atoms with Gasteiger partial charge in [-0.05, 0) is 43.2 Å². The van der Waals surface area contributed by atoms with E-state index in [-0.39, 0.29) is 11.1 Å². The number of nitrogens with one attached hydrogen (secondary N) is 2. The standard InChI is InChI=1S/C24H25N5O4/c1-3-16-17(23(31)32)11-8-12-19(16)28-22(30)18-14-26-21(29(4-2)24(25)33)13-20(18)27-15-9-6-5-7-10-15/h5-14H,3-4H2,1-2H3,(H2,25,33)(H,26,27)(H,28,30)(H,31,32). The van der Waals surface area contributed by atoms with Crippen molar-refractivity contribution in [2.75, 3.05) is 22.1 Å². The zero-order chi connectivity index (χ0) is 24.0. The van der Waals surface area contributed by atoms with Gasteiger partial charge in [-0.15, -0.1) is 0 Å². The number of aromatic nitrogens is 1. The number of primary amides is 1. The fourth-order valence-electron chi connectivity index (χ4n) is 3.46. The second-order valence-corrected chi connectivity index (χ2v) is 7.11. The molecule has 2 aromatic carbocycles. The van der Waals surface area contributed by atoms with Crippen molar-refractivity contribution in [3.8, 4) is 0 Å². The first-order valence-corrected chi connectivity index (χ1v) is 10.4. The van der Waals surface area contributed by atoms with Gasteiger partial charge in [0.05, 0.1) is 16.8 Å². The van der Waals surface area contributed by atoms with Crippen LogP contribution in [-0.2, 0) is 6.42 Å². The van der Waals surface area contributed by atoms with Gasteiger partial charge in [-0.3, -0.25) is 9.69 Å². The second-order valence-electron chi connectivity index (χ2n) is 7.11. The molecule has 0 aliphatic carbocycles. The summed E-state index contributed by atoms with van der Waals surface area (Å²) < 4.78 is 0. The summed E-state index contributed by atoms with van der Waals surface area (Å²) in [7, 11) is 0. The number of urea groups is 1. The lowest BCUT2D eigenvalue weighted by atomic mass is 10.0. The summed E-state index contributed by atoms with van der Waals surface area (Å²) in [5.41, 5.74) is 7.87. The third-order valence-corrected chi connectivity index (χ3v) is 5.05. The number of hydrogen-bond donors (Lipinski definition) is 4. The van der Waals surface area contributed by atoms with Crippen molar-refractivity contribution in [2.24, 2.45) is 5.73 Å². The Morgan fingerprint density at radius 2 is 1.73 bits per heavy atom. The van der Waals surface area contributed by atoms with Gasteiger partial charge in [0.2, 0.25) is 0 Å². The van der Waals surface area contributed by atoms with Gasteiger partial charge in [-0.1, -0.05) is 31.2 Å². The van der Waals surface area contributed by atoms with E-state index in [1.54, 1.807) is 25.1 Å². The molecule has 0 radical (unpaired) electrons. The number of nitrogens with two attached hydrogens (primary N) is 1. The molecule has 0 unspecified atom stereocenters. The van der Waals surface area contributed by atoms with E-state index >= 15 is 0 Å². The van der Waals surface area contributed by atoms with Gasteiger partial charge < -0.3 is 21.5 Å². The molecule has 0 atom stereocenters.